The molecule has 11 heteroatoms. The van der Waals surface area contributed by atoms with Crippen LogP contribution >= 0.6 is 0 Å². The van der Waals surface area contributed by atoms with Gasteiger partial charge in [-0.2, -0.15) is 0 Å². The van der Waals surface area contributed by atoms with Crippen LogP contribution in [-0.4, -0.2) is 67.0 Å². The van der Waals surface area contributed by atoms with Crippen LogP contribution in [-0.2, 0) is 30.3 Å². The maximum absolute atomic E-state index is 13.5. The van der Waals surface area contributed by atoms with Crippen molar-refractivity contribution in [2.75, 3.05) is 21.3 Å². The number of benzene rings is 2. The van der Waals surface area contributed by atoms with Crippen LogP contribution in [0.25, 0.3) is 10.9 Å². The minimum Gasteiger partial charge on any atom is -0.493 e. The summed E-state index contributed by atoms with van der Waals surface area (Å²) in [5.41, 5.74) is 2.26. The van der Waals surface area contributed by atoms with Gasteiger partial charge < -0.3 is 29.2 Å². The van der Waals surface area contributed by atoms with E-state index in [0.29, 0.717) is 11.3 Å². The Kier molecular flexibility index (Phi) is 6.66. The fraction of sp³-hybridized carbons (Fsp3) is 0.333. The summed E-state index contributed by atoms with van der Waals surface area (Å²) in [6.45, 7) is 0. The SMILES string of the molecule is COC(=O)[C@H](Cc1c[nH]c2ccccc12)NC(=O)[C@@H]1CCC(=O)N1[C@H]1OC(=O)c2c1ccc(OC)c2OC. The third-order valence-corrected chi connectivity index (χ3v) is 6.98. The molecular weight excluding hydrogens is 494 g/mol. The number of hydrogen-bond acceptors (Lipinski definition) is 8. The Bertz CT molecular complexity index is 1430. The normalized spacial score (nSPS) is 19.2. The molecule has 2 aliphatic rings. The lowest BCUT2D eigenvalue weighted by Crippen LogP contribution is -2.52. The molecule has 0 unspecified atom stereocenters. The monoisotopic (exact) mass is 521 g/mol. The number of likely N-dealkylation sites (tertiary alicyclic amines) is 1. The highest BCUT2D eigenvalue weighted by Gasteiger charge is 2.48. The zero-order valence-corrected chi connectivity index (χ0v) is 21.1. The lowest BCUT2D eigenvalue weighted by molar-refractivity contribution is -0.149. The van der Waals surface area contributed by atoms with Crippen LogP contribution in [0.1, 0.15) is 40.6 Å². The van der Waals surface area contributed by atoms with E-state index < -0.39 is 36.2 Å². The Balaban J connectivity index is 1.41. The number of rotatable bonds is 8. The number of esters is 2. The van der Waals surface area contributed by atoms with Crippen LogP contribution in [0.4, 0.5) is 0 Å². The van der Waals surface area contributed by atoms with Gasteiger partial charge in [0, 0.05) is 35.5 Å². The van der Waals surface area contributed by atoms with Crippen LogP contribution in [0.3, 0.4) is 0 Å². The van der Waals surface area contributed by atoms with Gasteiger partial charge in [0.15, 0.2) is 11.5 Å². The number of carbonyl (C=O) groups excluding carboxylic acids is 4. The Morgan fingerprint density at radius 1 is 1.13 bits per heavy atom. The number of nitrogens with zero attached hydrogens (tertiary/aromatic N) is 1. The number of fused-ring (bicyclic) bond motifs is 2. The molecule has 2 N–H and O–H groups in total. The molecule has 2 aliphatic heterocycles. The van der Waals surface area contributed by atoms with E-state index in [1.165, 1.54) is 26.2 Å². The van der Waals surface area contributed by atoms with Crippen molar-refractivity contribution >= 4 is 34.7 Å². The third-order valence-electron chi connectivity index (χ3n) is 6.98. The second kappa shape index (κ2) is 10.1. The minimum absolute atomic E-state index is 0.0834. The first-order chi connectivity index (χ1) is 18.4. The molecule has 0 bridgehead atoms. The van der Waals surface area contributed by atoms with Crippen molar-refractivity contribution in [3.63, 3.8) is 0 Å². The summed E-state index contributed by atoms with van der Waals surface area (Å²) in [6, 6.07) is 8.88. The second-order valence-electron chi connectivity index (χ2n) is 9.03. The average molecular weight is 522 g/mol. The molecule has 0 aliphatic carbocycles. The average Bonchev–Trinajstić information content (AvgIpc) is 3.62. The highest BCUT2D eigenvalue weighted by atomic mass is 16.6. The van der Waals surface area contributed by atoms with Crippen molar-refractivity contribution in [2.45, 2.75) is 37.6 Å². The molecular formula is C27H27N3O8. The Hall–Kier alpha value is -4.54. The maximum atomic E-state index is 13.5. The van der Waals surface area contributed by atoms with Crippen LogP contribution in [0.15, 0.2) is 42.6 Å². The first-order valence-electron chi connectivity index (χ1n) is 12.1. The second-order valence-corrected chi connectivity index (χ2v) is 9.03. The number of carbonyl (C=O) groups is 4. The molecule has 2 aromatic carbocycles. The van der Waals surface area contributed by atoms with Gasteiger partial charge in [0.05, 0.1) is 21.3 Å². The zero-order chi connectivity index (χ0) is 27.0. The predicted octanol–water partition coefficient (Wildman–Crippen LogP) is 2.25. The van der Waals surface area contributed by atoms with Gasteiger partial charge in [-0.05, 0) is 30.2 Å². The van der Waals surface area contributed by atoms with E-state index in [2.05, 4.69) is 10.3 Å². The maximum Gasteiger partial charge on any atom is 0.344 e. The van der Waals surface area contributed by atoms with Crippen molar-refractivity contribution in [1.29, 1.82) is 0 Å². The summed E-state index contributed by atoms with van der Waals surface area (Å²) in [5, 5.41) is 3.68. The van der Waals surface area contributed by atoms with Crippen molar-refractivity contribution in [1.82, 2.24) is 15.2 Å². The van der Waals surface area contributed by atoms with Gasteiger partial charge in [0.2, 0.25) is 18.0 Å². The lowest BCUT2D eigenvalue weighted by Gasteiger charge is -2.30. The van der Waals surface area contributed by atoms with Gasteiger partial charge in [-0.3, -0.25) is 14.5 Å². The van der Waals surface area contributed by atoms with E-state index in [4.69, 9.17) is 18.9 Å². The van der Waals surface area contributed by atoms with Gasteiger partial charge in [0.1, 0.15) is 17.6 Å². The van der Waals surface area contributed by atoms with E-state index >= 15 is 0 Å². The summed E-state index contributed by atoms with van der Waals surface area (Å²) < 4.78 is 21.2. The third kappa shape index (κ3) is 4.19. The predicted molar refractivity (Wildman–Crippen MR) is 134 cm³/mol. The Morgan fingerprint density at radius 2 is 1.92 bits per heavy atom. The highest BCUT2D eigenvalue weighted by molar-refractivity contribution is 5.99. The summed E-state index contributed by atoms with van der Waals surface area (Å²) in [4.78, 5) is 56.3. The minimum atomic E-state index is -1.12. The number of hydrogen-bond donors (Lipinski definition) is 2. The number of aromatic amines is 1. The standard InChI is InChI=1S/C27H27N3O8/c1-35-20-10-8-16-22(23(20)36-2)27(34)38-25(16)30-19(9-11-21(30)31)24(32)29-18(26(33)37-3)12-14-13-28-17-7-5-4-6-15(14)17/h4-8,10,13,18-19,25,28H,9,11-12H2,1-3H3,(H,29,32)/t18-,19-,25-/m0/s1. The first-order valence-corrected chi connectivity index (χ1v) is 12.1. The van der Waals surface area contributed by atoms with Crippen molar-refractivity contribution in [3.05, 3.63) is 59.3 Å². The molecule has 1 saturated heterocycles. The number of aromatic nitrogens is 1. The van der Waals surface area contributed by atoms with Crippen LogP contribution in [0.5, 0.6) is 11.5 Å². The van der Waals surface area contributed by atoms with Crippen molar-refractivity contribution < 1.29 is 38.1 Å². The van der Waals surface area contributed by atoms with Gasteiger partial charge >= 0.3 is 11.9 Å². The van der Waals surface area contributed by atoms with Crippen molar-refractivity contribution in [2.24, 2.45) is 0 Å². The van der Waals surface area contributed by atoms with E-state index in [-0.39, 0.29) is 36.5 Å². The molecule has 0 spiro atoms. The van der Waals surface area contributed by atoms with E-state index in [0.717, 1.165) is 16.5 Å². The van der Waals surface area contributed by atoms with Gasteiger partial charge in [-0.15, -0.1) is 0 Å². The van der Waals surface area contributed by atoms with E-state index in [1.807, 2.05) is 24.3 Å². The van der Waals surface area contributed by atoms with Crippen LogP contribution in [0.2, 0.25) is 0 Å². The molecule has 1 aromatic heterocycles. The summed E-state index contributed by atoms with van der Waals surface area (Å²) >= 11 is 0. The molecule has 2 amide bonds. The summed E-state index contributed by atoms with van der Waals surface area (Å²) in [7, 11) is 4.09. The topological polar surface area (TPSA) is 136 Å². The molecule has 38 heavy (non-hydrogen) atoms. The molecule has 0 saturated carbocycles. The number of cyclic esters (lactones) is 1. The number of para-hydroxylation sites is 1. The molecule has 11 nitrogen and oxygen atoms in total. The number of amides is 2. The Labute approximate surface area is 218 Å². The van der Waals surface area contributed by atoms with Gasteiger partial charge in [-0.1, -0.05) is 18.2 Å². The highest BCUT2D eigenvalue weighted by Crippen LogP contribution is 2.45. The quantitative estimate of drug-likeness (QED) is 0.431. The molecule has 3 atom stereocenters. The first kappa shape index (κ1) is 25.1. The molecule has 3 heterocycles. The molecule has 5 rings (SSSR count). The zero-order valence-electron chi connectivity index (χ0n) is 21.1. The van der Waals surface area contributed by atoms with Crippen molar-refractivity contribution in [3.8, 4) is 11.5 Å². The van der Waals surface area contributed by atoms with Gasteiger partial charge in [-0.25, -0.2) is 9.59 Å². The lowest BCUT2D eigenvalue weighted by atomic mass is 10.0. The number of methoxy groups -OCH3 is 3. The number of ether oxygens (including phenoxy) is 4. The number of nitrogens with one attached hydrogen (secondary N) is 2. The van der Waals surface area contributed by atoms with E-state index in [1.54, 1.807) is 18.3 Å². The smallest absolute Gasteiger partial charge is 0.344 e. The molecule has 3 aromatic rings. The Morgan fingerprint density at radius 3 is 2.66 bits per heavy atom. The number of H-pyrrole nitrogens is 1. The summed E-state index contributed by atoms with van der Waals surface area (Å²) in [6.07, 6.45) is 1.13. The van der Waals surface area contributed by atoms with Crippen LogP contribution < -0.4 is 14.8 Å². The largest absolute Gasteiger partial charge is 0.493 e. The molecule has 198 valence electrons. The fourth-order valence-corrected chi connectivity index (χ4v) is 5.17. The molecule has 1 fully saturated rings. The van der Waals surface area contributed by atoms with Gasteiger partial charge in [0.25, 0.3) is 0 Å². The molecule has 0 radical (unpaired) electrons. The summed E-state index contributed by atoms with van der Waals surface area (Å²) in [5.74, 6) is -1.67. The fourth-order valence-electron chi connectivity index (χ4n) is 5.17. The van der Waals surface area contributed by atoms with Crippen LogP contribution in [0, 0.1) is 0 Å². The van der Waals surface area contributed by atoms with E-state index in [9.17, 15) is 19.2 Å².